The number of nitrogens with two attached hydrogens (primary N) is 1. The van der Waals surface area contributed by atoms with Crippen molar-refractivity contribution in [2.75, 3.05) is 0 Å². The van der Waals surface area contributed by atoms with Crippen LogP contribution in [0.3, 0.4) is 0 Å². The predicted octanol–water partition coefficient (Wildman–Crippen LogP) is 3.53. The molecule has 3 aromatic rings. The largest absolute Gasteiger partial charge is 0.448 e. The first-order chi connectivity index (χ1) is 8.74. The Morgan fingerprint density at radius 1 is 1.17 bits per heavy atom. The van der Waals surface area contributed by atoms with E-state index in [1.54, 1.807) is 18.3 Å². The van der Waals surface area contributed by atoms with E-state index in [0.29, 0.717) is 11.0 Å². The van der Waals surface area contributed by atoms with Crippen molar-refractivity contribution in [2.24, 2.45) is 5.73 Å². The SMILES string of the molecule is NC(c1ccc2cccnc2c1)c1ccc(Cl)o1. The summed E-state index contributed by atoms with van der Waals surface area (Å²) < 4.78 is 5.33. The summed E-state index contributed by atoms with van der Waals surface area (Å²) in [5.74, 6) is 0.648. The summed E-state index contributed by atoms with van der Waals surface area (Å²) in [6.45, 7) is 0. The fourth-order valence-electron chi connectivity index (χ4n) is 1.94. The number of fused-ring (bicyclic) bond motifs is 1. The summed E-state index contributed by atoms with van der Waals surface area (Å²) in [6, 6.07) is 13.0. The molecule has 0 saturated carbocycles. The van der Waals surface area contributed by atoms with Crippen molar-refractivity contribution in [3.8, 4) is 0 Å². The molecule has 0 aliphatic heterocycles. The van der Waals surface area contributed by atoms with Gasteiger partial charge in [0.2, 0.25) is 0 Å². The lowest BCUT2D eigenvalue weighted by atomic mass is 10.0. The van der Waals surface area contributed by atoms with Crippen LogP contribution < -0.4 is 5.73 Å². The first kappa shape index (κ1) is 11.3. The van der Waals surface area contributed by atoms with E-state index in [1.807, 2.05) is 30.3 Å². The number of aromatic nitrogens is 1. The van der Waals surface area contributed by atoms with Crippen LogP contribution in [0.15, 0.2) is 53.1 Å². The predicted molar refractivity (Wildman–Crippen MR) is 71.5 cm³/mol. The van der Waals surface area contributed by atoms with Gasteiger partial charge in [-0.1, -0.05) is 18.2 Å². The molecular weight excluding hydrogens is 248 g/mol. The maximum Gasteiger partial charge on any atom is 0.193 e. The third-order valence-electron chi connectivity index (χ3n) is 2.89. The van der Waals surface area contributed by atoms with E-state index in [0.717, 1.165) is 16.5 Å². The van der Waals surface area contributed by atoms with E-state index < -0.39 is 0 Å². The van der Waals surface area contributed by atoms with Crippen LogP contribution in [-0.2, 0) is 0 Å². The molecule has 1 aromatic carbocycles. The van der Waals surface area contributed by atoms with Crippen LogP contribution in [0.25, 0.3) is 10.9 Å². The van der Waals surface area contributed by atoms with Crippen molar-refractivity contribution in [1.82, 2.24) is 4.98 Å². The Morgan fingerprint density at radius 2 is 2.06 bits per heavy atom. The Labute approximate surface area is 109 Å². The summed E-state index contributed by atoms with van der Waals surface area (Å²) in [5, 5.41) is 1.44. The minimum Gasteiger partial charge on any atom is -0.448 e. The standard InChI is InChI=1S/C14H11ClN2O/c15-13-6-5-12(18-13)14(16)10-4-3-9-2-1-7-17-11(9)8-10/h1-8,14H,16H2. The van der Waals surface area contributed by atoms with Crippen LogP contribution in [0.5, 0.6) is 0 Å². The number of furan rings is 1. The van der Waals surface area contributed by atoms with E-state index in [1.165, 1.54) is 0 Å². The van der Waals surface area contributed by atoms with Crippen LogP contribution in [0.1, 0.15) is 17.4 Å². The summed E-state index contributed by atoms with van der Waals surface area (Å²) in [7, 11) is 0. The molecule has 18 heavy (non-hydrogen) atoms. The molecular formula is C14H11ClN2O. The fraction of sp³-hybridized carbons (Fsp3) is 0.0714. The third kappa shape index (κ3) is 1.98. The van der Waals surface area contributed by atoms with Crippen LogP contribution in [0.4, 0.5) is 0 Å². The van der Waals surface area contributed by atoms with Gasteiger partial charge in [0.1, 0.15) is 5.76 Å². The quantitative estimate of drug-likeness (QED) is 0.765. The molecule has 0 bridgehead atoms. The minimum atomic E-state index is -0.330. The Hall–Kier alpha value is -1.84. The molecule has 0 amide bonds. The van der Waals surface area contributed by atoms with Gasteiger partial charge in [0.05, 0.1) is 11.6 Å². The third-order valence-corrected chi connectivity index (χ3v) is 3.09. The summed E-state index contributed by atoms with van der Waals surface area (Å²) in [6.07, 6.45) is 1.77. The lowest BCUT2D eigenvalue weighted by Crippen LogP contribution is -2.10. The zero-order valence-electron chi connectivity index (χ0n) is 9.51. The zero-order valence-corrected chi connectivity index (χ0v) is 10.3. The Balaban J connectivity index is 2.03. The summed E-state index contributed by atoms with van der Waals surface area (Å²) in [5.41, 5.74) is 8.01. The molecule has 0 aliphatic rings. The summed E-state index contributed by atoms with van der Waals surface area (Å²) in [4.78, 5) is 4.31. The molecule has 2 heterocycles. The number of nitrogens with zero attached hydrogens (tertiary/aromatic N) is 1. The molecule has 0 radical (unpaired) electrons. The van der Waals surface area contributed by atoms with Gasteiger partial charge in [0.15, 0.2) is 5.22 Å². The van der Waals surface area contributed by atoms with Gasteiger partial charge in [-0.15, -0.1) is 0 Å². The van der Waals surface area contributed by atoms with Crippen molar-refractivity contribution in [3.05, 3.63) is 65.2 Å². The van der Waals surface area contributed by atoms with E-state index in [2.05, 4.69) is 4.98 Å². The lowest BCUT2D eigenvalue weighted by molar-refractivity contribution is 0.491. The maximum atomic E-state index is 6.14. The smallest absolute Gasteiger partial charge is 0.193 e. The molecule has 4 heteroatoms. The fourth-order valence-corrected chi connectivity index (χ4v) is 2.09. The van der Waals surface area contributed by atoms with Crippen molar-refractivity contribution < 1.29 is 4.42 Å². The number of hydrogen-bond donors (Lipinski definition) is 1. The van der Waals surface area contributed by atoms with E-state index in [-0.39, 0.29) is 6.04 Å². The highest BCUT2D eigenvalue weighted by Crippen LogP contribution is 2.25. The van der Waals surface area contributed by atoms with Gasteiger partial charge in [-0.05, 0) is 41.4 Å². The summed E-state index contributed by atoms with van der Waals surface area (Å²) >= 11 is 5.75. The van der Waals surface area contributed by atoms with Gasteiger partial charge in [-0.25, -0.2) is 0 Å². The maximum absolute atomic E-state index is 6.14. The first-order valence-electron chi connectivity index (χ1n) is 5.59. The van der Waals surface area contributed by atoms with Crippen molar-refractivity contribution >= 4 is 22.5 Å². The van der Waals surface area contributed by atoms with Crippen molar-refractivity contribution in [2.45, 2.75) is 6.04 Å². The number of halogens is 1. The molecule has 0 fully saturated rings. The van der Waals surface area contributed by atoms with Crippen LogP contribution >= 0.6 is 11.6 Å². The molecule has 0 saturated heterocycles. The van der Waals surface area contributed by atoms with Gasteiger partial charge in [-0.3, -0.25) is 4.98 Å². The normalized spacial score (nSPS) is 12.8. The average Bonchev–Trinajstić information content (AvgIpc) is 2.84. The van der Waals surface area contributed by atoms with Gasteiger partial charge in [-0.2, -0.15) is 0 Å². The monoisotopic (exact) mass is 258 g/mol. The molecule has 3 rings (SSSR count). The highest BCUT2D eigenvalue weighted by molar-refractivity contribution is 6.28. The number of hydrogen-bond acceptors (Lipinski definition) is 3. The van der Waals surface area contributed by atoms with Crippen LogP contribution in [0, 0.1) is 0 Å². The highest BCUT2D eigenvalue weighted by atomic mass is 35.5. The van der Waals surface area contributed by atoms with Crippen LogP contribution in [0.2, 0.25) is 5.22 Å². The molecule has 1 unspecified atom stereocenters. The van der Waals surface area contributed by atoms with E-state index in [4.69, 9.17) is 21.8 Å². The molecule has 0 spiro atoms. The Morgan fingerprint density at radius 3 is 2.83 bits per heavy atom. The zero-order chi connectivity index (χ0) is 12.5. The van der Waals surface area contributed by atoms with Gasteiger partial charge in [0, 0.05) is 11.6 Å². The van der Waals surface area contributed by atoms with E-state index >= 15 is 0 Å². The Bertz CT molecular complexity index is 693. The second kappa shape index (κ2) is 4.44. The minimum absolute atomic E-state index is 0.330. The molecule has 1 atom stereocenters. The topological polar surface area (TPSA) is 52.0 Å². The molecule has 0 aliphatic carbocycles. The molecule has 2 N–H and O–H groups in total. The second-order valence-electron chi connectivity index (χ2n) is 4.08. The van der Waals surface area contributed by atoms with Gasteiger partial charge < -0.3 is 10.2 Å². The highest BCUT2D eigenvalue weighted by Gasteiger charge is 2.13. The number of rotatable bonds is 2. The molecule has 2 aromatic heterocycles. The van der Waals surface area contributed by atoms with Gasteiger partial charge >= 0.3 is 0 Å². The number of benzene rings is 1. The Kier molecular flexibility index (Phi) is 2.78. The van der Waals surface area contributed by atoms with Crippen LogP contribution in [-0.4, -0.2) is 4.98 Å². The molecule has 3 nitrogen and oxygen atoms in total. The van der Waals surface area contributed by atoms with Gasteiger partial charge in [0.25, 0.3) is 0 Å². The van der Waals surface area contributed by atoms with Crippen molar-refractivity contribution in [1.29, 1.82) is 0 Å². The molecule has 90 valence electrons. The second-order valence-corrected chi connectivity index (χ2v) is 4.45. The average molecular weight is 259 g/mol. The van der Waals surface area contributed by atoms with E-state index in [9.17, 15) is 0 Å². The first-order valence-corrected chi connectivity index (χ1v) is 5.97. The number of pyridine rings is 1. The lowest BCUT2D eigenvalue weighted by Gasteiger charge is -2.09. The van der Waals surface area contributed by atoms with Crippen molar-refractivity contribution in [3.63, 3.8) is 0 Å².